The molecule has 0 fully saturated rings. The minimum Gasteiger partial charge on any atom is -0.493 e. The third-order valence-corrected chi connectivity index (χ3v) is 6.99. The van der Waals surface area contributed by atoms with E-state index in [1.165, 1.54) is 56.3 Å². The second kappa shape index (κ2) is 9.36. The first-order valence-electron chi connectivity index (χ1n) is 10.1. The summed E-state index contributed by atoms with van der Waals surface area (Å²) in [4.78, 5) is 11.8. The van der Waals surface area contributed by atoms with E-state index < -0.39 is 15.8 Å². The lowest BCUT2D eigenvalue weighted by Crippen LogP contribution is -2.06. The number of nitrogens with zero attached hydrogens (tertiary/aromatic N) is 3. The number of methoxy groups -OCH3 is 3. The van der Waals surface area contributed by atoms with Crippen LogP contribution in [0.3, 0.4) is 0 Å². The Balaban J connectivity index is 1.76. The number of esters is 1. The van der Waals surface area contributed by atoms with Crippen molar-refractivity contribution in [3.8, 4) is 28.4 Å². The summed E-state index contributed by atoms with van der Waals surface area (Å²) in [6, 6.07) is 17.4. The Hall–Kier alpha value is -4.18. The molecule has 4 rings (SSSR count). The van der Waals surface area contributed by atoms with Gasteiger partial charge in [-0.25, -0.2) is 17.9 Å². The summed E-state index contributed by atoms with van der Waals surface area (Å²) in [5, 5.41) is 8.37. The zero-order valence-corrected chi connectivity index (χ0v) is 19.4. The summed E-state index contributed by atoms with van der Waals surface area (Å²) in [6.07, 6.45) is 1.62. The predicted octanol–water partition coefficient (Wildman–Crippen LogP) is 3.57. The van der Waals surface area contributed by atoms with E-state index in [-0.39, 0.29) is 15.4 Å². The molecule has 0 unspecified atom stereocenters. The van der Waals surface area contributed by atoms with Crippen LogP contribution in [0.1, 0.15) is 10.4 Å². The van der Waals surface area contributed by atoms with Crippen molar-refractivity contribution in [2.24, 2.45) is 0 Å². The van der Waals surface area contributed by atoms with Crippen molar-refractivity contribution in [1.82, 2.24) is 15.0 Å². The van der Waals surface area contributed by atoms with Crippen molar-refractivity contribution in [1.29, 1.82) is 0 Å². The minimum absolute atomic E-state index is 0.0365. The number of carbonyl (C=O) groups excluding carboxylic acids is 1. The number of hydrogen-bond donors (Lipinski definition) is 0. The molecule has 0 aliphatic rings. The number of para-hydroxylation sites is 1. The fourth-order valence-corrected chi connectivity index (χ4v) is 4.95. The lowest BCUT2D eigenvalue weighted by Gasteiger charge is -2.11. The van der Waals surface area contributed by atoms with Gasteiger partial charge in [0.05, 0.1) is 42.9 Å². The van der Waals surface area contributed by atoms with Gasteiger partial charge in [-0.2, -0.15) is 0 Å². The molecule has 174 valence electrons. The van der Waals surface area contributed by atoms with Crippen LogP contribution in [0.2, 0.25) is 0 Å². The van der Waals surface area contributed by atoms with Gasteiger partial charge in [-0.15, -0.1) is 5.10 Å². The monoisotopic (exact) mass is 479 g/mol. The summed E-state index contributed by atoms with van der Waals surface area (Å²) in [7, 11) is 0.397. The summed E-state index contributed by atoms with van der Waals surface area (Å²) in [5.74, 6) is 0.442. The summed E-state index contributed by atoms with van der Waals surface area (Å²) >= 11 is 0. The molecule has 10 heteroatoms. The van der Waals surface area contributed by atoms with Crippen LogP contribution in [0.4, 0.5) is 0 Å². The smallest absolute Gasteiger partial charge is 0.337 e. The van der Waals surface area contributed by atoms with Crippen molar-refractivity contribution in [3.05, 3.63) is 78.5 Å². The maximum atomic E-state index is 13.4. The van der Waals surface area contributed by atoms with Gasteiger partial charge >= 0.3 is 5.97 Å². The highest BCUT2D eigenvalue weighted by Gasteiger charge is 2.24. The average molecular weight is 480 g/mol. The van der Waals surface area contributed by atoms with E-state index in [9.17, 15) is 13.2 Å². The first kappa shape index (κ1) is 23.0. The quantitative estimate of drug-likeness (QED) is 0.370. The molecular weight excluding hydrogens is 458 g/mol. The highest BCUT2D eigenvalue weighted by atomic mass is 32.2. The standard InChI is InChI=1S/C24H21N3O6S/c1-31-21-9-6-8-20(23(21)32-2)27-15-19(25-26-27)18-7-4-5-10-22(18)34(29,30)17-13-11-16(12-14-17)24(28)33-3/h4-15H,1-3H3. The van der Waals surface area contributed by atoms with Gasteiger partial charge in [-0.3, -0.25) is 0 Å². The van der Waals surface area contributed by atoms with Crippen molar-refractivity contribution >= 4 is 15.8 Å². The van der Waals surface area contributed by atoms with Gasteiger partial charge in [0.1, 0.15) is 11.4 Å². The molecule has 3 aromatic carbocycles. The summed E-state index contributed by atoms with van der Waals surface area (Å²) < 4.78 is 43.8. The van der Waals surface area contributed by atoms with Gasteiger partial charge in [-0.1, -0.05) is 29.5 Å². The molecule has 0 radical (unpaired) electrons. The SMILES string of the molecule is COC(=O)c1ccc(S(=O)(=O)c2ccccc2-c2cn(-c3cccc(OC)c3OC)nn2)cc1. The van der Waals surface area contributed by atoms with Crippen molar-refractivity contribution in [2.45, 2.75) is 9.79 Å². The van der Waals surface area contributed by atoms with E-state index in [1.54, 1.807) is 42.6 Å². The molecule has 4 aromatic rings. The maximum absolute atomic E-state index is 13.4. The maximum Gasteiger partial charge on any atom is 0.337 e. The number of aromatic nitrogens is 3. The van der Waals surface area contributed by atoms with Gasteiger partial charge in [0, 0.05) is 5.56 Å². The van der Waals surface area contributed by atoms with Gasteiger partial charge in [0.25, 0.3) is 0 Å². The van der Waals surface area contributed by atoms with Crippen molar-refractivity contribution < 1.29 is 27.4 Å². The van der Waals surface area contributed by atoms with Crippen LogP contribution in [0.5, 0.6) is 11.5 Å². The topological polar surface area (TPSA) is 110 Å². The van der Waals surface area contributed by atoms with Gasteiger partial charge in [0.2, 0.25) is 9.84 Å². The lowest BCUT2D eigenvalue weighted by molar-refractivity contribution is 0.0600. The second-order valence-corrected chi connectivity index (χ2v) is 8.99. The zero-order chi connectivity index (χ0) is 24.3. The van der Waals surface area contributed by atoms with E-state index in [4.69, 9.17) is 9.47 Å². The average Bonchev–Trinajstić information content (AvgIpc) is 3.37. The molecule has 0 atom stereocenters. The molecule has 34 heavy (non-hydrogen) atoms. The van der Waals surface area contributed by atoms with E-state index in [2.05, 4.69) is 15.0 Å². The first-order valence-corrected chi connectivity index (χ1v) is 11.6. The van der Waals surface area contributed by atoms with E-state index in [0.717, 1.165) is 0 Å². The van der Waals surface area contributed by atoms with E-state index in [0.29, 0.717) is 28.4 Å². The highest BCUT2D eigenvalue weighted by Crippen LogP contribution is 2.35. The number of hydrogen-bond acceptors (Lipinski definition) is 8. The predicted molar refractivity (Wildman–Crippen MR) is 123 cm³/mol. The first-order chi connectivity index (χ1) is 16.4. The normalized spacial score (nSPS) is 11.1. The van der Waals surface area contributed by atoms with Crippen LogP contribution in [-0.4, -0.2) is 50.7 Å². The number of benzene rings is 3. The highest BCUT2D eigenvalue weighted by molar-refractivity contribution is 7.91. The number of carbonyl (C=O) groups is 1. The van der Waals surface area contributed by atoms with Crippen LogP contribution in [0.25, 0.3) is 16.9 Å². The van der Waals surface area contributed by atoms with E-state index in [1.807, 2.05) is 0 Å². The molecule has 0 bridgehead atoms. The summed E-state index contributed by atoms with van der Waals surface area (Å²) in [5.41, 5.74) is 1.58. The molecule has 0 aliphatic heterocycles. The molecule has 0 spiro atoms. The molecule has 1 aromatic heterocycles. The molecule has 0 saturated heterocycles. The van der Waals surface area contributed by atoms with Crippen LogP contribution in [0, 0.1) is 0 Å². The zero-order valence-electron chi connectivity index (χ0n) is 18.6. The van der Waals surface area contributed by atoms with Crippen LogP contribution < -0.4 is 9.47 Å². The summed E-state index contributed by atoms with van der Waals surface area (Å²) in [6.45, 7) is 0. The molecule has 1 heterocycles. The second-order valence-electron chi connectivity index (χ2n) is 7.08. The Morgan fingerprint density at radius 3 is 2.29 bits per heavy atom. The Labute approximate surface area is 196 Å². The molecular formula is C24H21N3O6S. The Bertz CT molecular complexity index is 1450. The number of rotatable bonds is 7. The van der Waals surface area contributed by atoms with Crippen molar-refractivity contribution in [2.75, 3.05) is 21.3 Å². The van der Waals surface area contributed by atoms with Gasteiger partial charge in [-0.05, 0) is 42.5 Å². The van der Waals surface area contributed by atoms with Crippen LogP contribution >= 0.6 is 0 Å². The Morgan fingerprint density at radius 1 is 0.882 bits per heavy atom. The largest absolute Gasteiger partial charge is 0.493 e. The lowest BCUT2D eigenvalue weighted by atomic mass is 10.2. The number of ether oxygens (including phenoxy) is 3. The fraction of sp³-hybridized carbons (Fsp3) is 0.125. The third kappa shape index (κ3) is 4.11. The van der Waals surface area contributed by atoms with Crippen molar-refractivity contribution in [3.63, 3.8) is 0 Å². The Morgan fingerprint density at radius 2 is 1.62 bits per heavy atom. The van der Waals surface area contributed by atoms with Crippen LogP contribution in [0.15, 0.2) is 82.7 Å². The van der Waals surface area contributed by atoms with Crippen LogP contribution in [-0.2, 0) is 14.6 Å². The van der Waals surface area contributed by atoms with Gasteiger partial charge in [0.15, 0.2) is 11.5 Å². The fourth-order valence-electron chi connectivity index (χ4n) is 3.48. The van der Waals surface area contributed by atoms with Gasteiger partial charge < -0.3 is 14.2 Å². The molecule has 0 amide bonds. The third-order valence-electron chi connectivity index (χ3n) is 5.16. The minimum atomic E-state index is -3.92. The number of sulfone groups is 1. The Kier molecular flexibility index (Phi) is 6.33. The molecule has 0 saturated carbocycles. The molecule has 0 aliphatic carbocycles. The molecule has 9 nitrogen and oxygen atoms in total. The van der Waals surface area contributed by atoms with E-state index >= 15 is 0 Å². The molecule has 0 N–H and O–H groups in total.